The molecule has 150 valence electrons. The van der Waals surface area contributed by atoms with Crippen LogP contribution < -0.4 is 0 Å². The van der Waals surface area contributed by atoms with Crippen molar-refractivity contribution in [1.29, 1.82) is 0 Å². The Morgan fingerprint density at radius 3 is 2.30 bits per heavy atom. The van der Waals surface area contributed by atoms with Gasteiger partial charge in [-0.15, -0.1) is 0 Å². The van der Waals surface area contributed by atoms with Gasteiger partial charge in [-0.3, -0.25) is 9.59 Å². The molecular weight excluding hydrogens is 348 g/mol. The summed E-state index contributed by atoms with van der Waals surface area (Å²) in [5.41, 5.74) is -2.36. The number of aliphatic hydroxyl groups excluding tert-OH is 2. The number of carbonyl (C=O) groups is 2. The second kappa shape index (κ2) is 5.41. The number of ether oxygens (including phenoxy) is 2. The maximum Gasteiger partial charge on any atom is 0.202 e. The van der Waals surface area contributed by atoms with Crippen LogP contribution in [0.3, 0.4) is 0 Å². The molecule has 2 aliphatic heterocycles. The number of fused-ring (bicyclic) bond motifs is 3. The van der Waals surface area contributed by atoms with Crippen LogP contribution >= 0.6 is 0 Å². The lowest BCUT2D eigenvalue weighted by Crippen LogP contribution is -2.54. The van der Waals surface area contributed by atoms with E-state index in [1.165, 1.54) is 0 Å². The summed E-state index contributed by atoms with van der Waals surface area (Å²) in [5, 5.41) is 19.6. The van der Waals surface area contributed by atoms with E-state index in [9.17, 15) is 19.8 Å². The highest BCUT2D eigenvalue weighted by atomic mass is 16.7. The number of rotatable bonds is 4. The molecule has 2 saturated heterocycles. The predicted molar refractivity (Wildman–Crippen MR) is 94.9 cm³/mol. The van der Waals surface area contributed by atoms with Crippen LogP contribution in [0, 0.1) is 22.7 Å². The first-order chi connectivity index (χ1) is 12.8. The van der Waals surface area contributed by atoms with Crippen LogP contribution in [0.25, 0.3) is 0 Å². The van der Waals surface area contributed by atoms with Gasteiger partial charge in [0.05, 0.1) is 6.61 Å². The van der Waals surface area contributed by atoms with Gasteiger partial charge < -0.3 is 19.7 Å². The smallest absolute Gasteiger partial charge is 0.202 e. The molecular formula is C21H30O6. The van der Waals surface area contributed by atoms with Gasteiger partial charge in [0.2, 0.25) is 5.78 Å². The van der Waals surface area contributed by atoms with Crippen molar-refractivity contribution >= 4 is 11.6 Å². The number of Topliss-reactive ketones (excluding diaryl/α,β-unsaturated/α-hetero) is 2. The fraction of sp³-hybridized carbons (Fsp3) is 0.905. The molecule has 0 bridgehead atoms. The first kappa shape index (κ1) is 18.2. The highest BCUT2D eigenvalue weighted by Crippen LogP contribution is 2.64. The maximum atomic E-state index is 13.0. The third-order valence-electron chi connectivity index (χ3n) is 8.92. The number of hydrogen-bond acceptors (Lipinski definition) is 6. The van der Waals surface area contributed by atoms with Gasteiger partial charge in [0.15, 0.2) is 29.2 Å². The van der Waals surface area contributed by atoms with E-state index in [1.54, 1.807) is 0 Å². The average molecular weight is 378 g/mol. The Morgan fingerprint density at radius 1 is 0.926 bits per heavy atom. The molecule has 8 atom stereocenters. The van der Waals surface area contributed by atoms with Crippen molar-refractivity contribution < 1.29 is 29.3 Å². The van der Waals surface area contributed by atoms with E-state index in [0.29, 0.717) is 18.3 Å². The molecule has 0 aromatic rings. The largest absolute Gasteiger partial charge is 0.396 e. The Balaban J connectivity index is 1.42. The number of carbonyl (C=O) groups excluding carboxylic acids is 2. The van der Waals surface area contributed by atoms with Crippen LogP contribution in [0.1, 0.15) is 58.8 Å². The predicted octanol–water partition coefficient (Wildman–Crippen LogP) is 1.40. The van der Waals surface area contributed by atoms with Crippen molar-refractivity contribution in [2.75, 3.05) is 13.2 Å². The zero-order valence-electron chi connectivity index (χ0n) is 16.2. The van der Waals surface area contributed by atoms with Crippen LogP contribution in [-0.2, 0) is 19.1 Å². The first-order valence-corrected chi connectivity index (χ1v) is 10.4. The molecule has 6 nitrogen and oxygen atoms in total. The van der Waals surface area contributed by atoms with Crippen molar-refractivity contribution in [3.05, 3.63) is 0 Å². The minimum absolute atomic E-state index is 0.0540. The minimum atomic E-state index is -1.32. The van der Waals surface area contributed by atoms with Crippen LogP contribution in [0.15, 0.2) is 0 Å². The number of aliphatic hydroxyl groups is 2. The van der Waals surface area contributed by atoms with E-state index >= 15 is 0 Å². The highest BCUT2D eigenvalue weighted by Gasteiger charge is 2.84. The van der Waals surface area contributed by atoms with E-state index in [1.807, 2.05) is 0 Å². The Kier molecular flexibility index (Phi) is 3.65. The van der Waals surface area contributed by atoms with E-state index in [-0.39, 0.29) is 29.0 Å². The van der Waals surface area contributed by atoms with Gasteiger partial charge in [-0.2, -0.15) is 0 Å². The Hall–Kier alpha value is -0.820. The molecule has 0 aromatic heterocycles. The Bertz CT molecular complexity index is 707. The number of epoxide rings is 2. The molecule has 0 aromatic carbocycles. The number of hydrogen-bond donors (Lipinski definition) is 2. The molecule has 8 unspecified atom stereocenters. The Labute approximate surface area is 159 Å². The second-order valence-electron chi connectivity index (χ2n) is 10.2. The summed E-state index contributed by atoms with van der Waals surface area (Å²) in [5.74, 6) is 0.326. The molecule has 0 amide bonds. The normalized spacial score (nSPS) is 56.1. The van der Waals surface area contributed by atoms with E-state index in [4.69, 9.17) is 9.47 Å². The van der Waals surface area contributed by atoms with Crippen LogP contribution in [-0.4, -0.2) is 58.4 Å². The number of ketones is 2. The molecule has 5 fully saturated rings. The quantitative estimate of drug-likeness (QED) is 0.718. The summed E-state index contributed by atoms with van der Waals surface area (Å²) in [6.45, 7) is 4.28. The molecule has 2 N–H and O–H groups in total. The van der Waals surface area contributed by atoms with Crippen molar-refractivity contribution in [2.24, 2.45) is 22.7 Å². The summed E-state index contributed by atoms with van der Waals surface area (Å²) in [7, 11) is 0. The topological polar surface area (TPSA) is 99.7 Å². The van der Waals surface area contributed by atoms with Gasteiger partial charge in [0.1, 0.15) is 0 Å². The van der Waals surface area contributed by atoms with E-state index < -0.39 is 30.0 Å². The SMILES string of the molecule is CC1(CO)CCCC2(C)C(CC34OC3C(=O)C3(CO)OC3C4=O)CCCC12. The molecule has 5 rings (SSSR count). The standard InChI is InChI=1S/C21H30O6/c1-18(10-22)7-4-8-19(2)12(5-3-6-13(18)19)9-20-14(24)17-21(11-23,27-17)15(25)16(20)26-20/h12-13,16-17,22-23H,3-11H2,1-2H3. The minimum Gasteiger partial charge on any atom is -0.396 e. The second-order valence-corrected chi connectivity index (χ2v) is 10.2. The lowest BCUT2D eigenvalue weighted by Gasteiger charge is -2.58. The van der Waals surface area contributed by atoms with Crippen molar-refractivity contribution in [2.45, 2.75) is 82.2 Å². The molecule has 2 heterocycles. The summed E-state index contributed by atoms with van der Waals surface area (Å²) in [4.78, 5) is 25.7. The van der Waals surface area contributed by atoms with E-state index in [2.05, 4.69) is 13.8 Å². The molecule has 5 aliphatic rings. The molecule has 27 heavy (non-hydrogen) atoms. The van der Waals surface area contributed by atoms with Crippen molar-refractivity contribution in [1.82, 2.24) is 0 Å². The maximum absolute atomic E-state index is 13.0. The van der Waals surface area contributed by atoms with Gasteiger partial charge in [0, 0.05) is 6.61 Å². The van der Waals surface area contributed by atoms with Crippen molar-refractivity contribution in [3.8, 4) is 0 Å². The molecule has 6 heteroatoms. The zero-order valence-corrected chi connectivity index (χ0v) is 16.2. The van der Waals surface area contributed by atoms with Gasteiger partial charge in [0.25, 0.3) is 0 Å². The van der Waals surface area contributed by atoms with Crippen molar-refractivity contribution in [3.63, 3.8) is 0 Å². The molecule has 3 saturated carbocycles. The first-order valence-electron chi connectivity index (χ1n) is 10.4. The lowest BCUT2D eigenvalue weighted by atomic mass is 9.47. The van der Waals surface area contributed by atoms with Gasteiger partial charge in [-0.1, -0.05) is 26.7 Å². The van der Waals surface area contributed by atoms with Crippen LogP contribution in [0.2, 0.25) is 0 Å². The van der Waals surface area contributed by atoms with Gasteiger partial charge in [-0.25, -0.2) is 0 Å². The molecule has 0 spiro atoms. The lowest BCUT2D eigenvalue weighted by molar-refractivity contribution is -0.133. The fourth-order valence-electron chi connectivity index (χ4n) is 7.13. The summed E-state index contributed by atoms with van der Waals surface area (Å²) >= 11 is 0. The summed E-state index contributed by atoms with van der Waals surface area (Å²) in [6.07, 6.45) is 5.47. The summed E-state index contributed by atoms with van der Waals surface area (Å²) in [6, 6.07) is 0. The van der Waals surface area contributed by atoms with Crippen LogP contribution in [0.4, 0.5) is 0 Å². The molecule has 3 aliphatic carbocycles. The third-order valence-corrected chi connectivity index (χ3v) is 8.92. The van der Waals surface area contributed by atoms with Gasteiger partial charge >= 0.3 is 0 Å². The fourth-order valence-corrected chi connectivity index (χ4v) is 7.13. The van der Waals surface area contributed by atoms with Crippen LogP contribution in [0.5, 0.6) is 0 Å². The van der Waals surface area contributed by atoms with Gasteiger partial charge in [-0.05, 0) is 54.8 Å². The highest BCUT2D eigenvalue weighted by molar-refractivity contribution is 6.16. The summed E-state index contributed by atoms with van der Waals surface area (Å²) < 4.78 is 11.2. The monoisotopic (exact) mass is 378 g/mol. The molecule has 0 radical (unpaired) electrons. The van der Waals surface area contributed by atoms with E-state index in [0.717, 1.165) is 38.5 Å². The third kappa shape index (κ3) is 2.10. The average Bonchev–Trinajstić information content (AvgIpc) is 3.55. The zero-order chi connectivity index (χ0) is 19.2. The Morgan fingerprint density at radius 2 is 1.59 bits per heavy atom.